The summed E-state index contributed by atoms with van der Waals surface area (Å²) in [6, 6.07) is 9.78. The lowest BCUT2D eigenvalue weighted by Gasteiger charge is -2.00. The van der Waals surface area contributed by atoms with Crippen LogP contribution in [0.25, 0.3) is 11.3 Å². The number of aromatic amines is 1. The Hall–Kier alpha value is -2.10. The molecule has 1 heterocycles. The topological polar surface area (TPSA) is 55.9 Å². The van der Waals surface area contributed by atoms with Crippen LogP contribution in [0.1, 0.15) is 12.1 Å². The molecule has 2 rings (SSSR count). The molecule has 2 aromatic rings. The average Bonchev–Trinajstić information content (AvgIpc) is 2.76. The number of carboxylic acids is 1. The second-order valence-corrected chi connectivity index (χ2v) is 3.78. The SMILES string of the molecule is O=C([O-])CCc1ccc(-c2ccc(F)cc2)[nH]1. The van der Waals surface area contributed by atoms with Crippen molar-refractivity contribution in [3.8, 4) is 11.3 Å². The van der Waals surface area contributed by atoms with E-state index in [-0.39, 0.29) is 12.2 Å². The van der Waals surface area contributed by atoms with Crippen LogP contribution in [-0.2, 0) is 11.2 Å². The number of carboxylic acid groups (broad SMARTS) is 1. The highest BCUT2D eigenvalue weighted by molar-refractivity contribution is 5.65. The summed E-state index contributed by atoms with van der Waals surface area (Å²) in [6.07, 6.45) is 0.396. The largest absolute Gasteiger partial charge is 0.550 e. The molecular formula is C13H11FNO2-. The van der Waals surface area contributed by atoms with Crippen LogP contribution in [0.3, 0.4) is 0 Å². The Labute approximate surface area is 97.9 Å². The third kappa shape index (κ3) is 2.93. The number of benzene rings is 1. The number of aliphatic carboxylic acids is 1. The van der Waals surface area contributed by atoms with Crippen LogP contribution < -0.4 is 5.11 Å². The lowest BCUT2D eigenvalue weighted by molar-refractivity contribution is -0.305. The molecule has 3 nitrogen and oxygen atoms in total. The minimum atomic E-state index is -1.07. The van der Waals surface area contributed by atoms with Crippen molar-refractivity contribution in [3.05, 3.63) is 47.9 Å². The van der Waals surface area contributed by atoms with Crippen LogP contribution in [-0.4, -0.2) is 11.0 Å². The third-order valence-corrected chi connectivity index (χ3v) is 2.50. The molecule has 0 atom stereocenters. The summed E-state index contributed by atoms with van der Waals surface area (Å²) in [4.78, 5) is 13.4. The number of hydrogen-bond acceptors (Lipinski definition) is 2. The van der Waals surface area contributed by atoms with E-state index in [0.717, 1.165) is 17.0 Å². The summed E-state index contributed by atoms with van der Waals surface area (Å²) in [5.41, 5.74) is 2.54. The standard InChI is InChI=1S/C13H12FNO2/c14-10-3-1-9(2-4-10)12-7-5-11(15-12)6-8-13(16)17/h1-5,7,15H,6,8H2,(H,16,17)/p-1. The van der Waals surface area contributed by atoms with Gasteiger partial charge in [-0.15, -0.1) is 0 Å². The van der Waals surface area contributed by atoms with E-state index in [9.17, 15) is 14.3 Å². The van der Waals surface area contributed by atoms with E-state index in [0.29, 0.717) is 6.42 Å². The molecule has 0 amide bonds. The molecule has 0 unspecified atom stereocenters. The minimum Gasteiger partial charge on any atom is -0.550 e. The predicted molar refractivity (Wildman–Crippen MR) is 59.5 cm³/mol. The van der Waals surface area contributed by atoms with Crippen molar-refractivity contribution in [2.75, 3.05) is 0 Å². The van der Waals surface area contributed by atoms with Gasteiger partial charge >= 0.3 is 0 Å². The van der Waals surface area contributed by atoms with Gasteiger partial charge in [0.25, 0.3) is 0 Å². The van der Waals surface area contributed by atoms with Crippen LogP contribution in [0.4, 0.5) is 4.39 Å². The third-order valence-electron chi connectivity index (χ3n) is 2.50. The van der Waals surface area contributed by atoms with Crippen LogP contribution in [0, 0.1) is 5.82 Å². The molecule has 0 fully saturated rings. The summed E-state index contributed by atoms with van der Waals surface area (Å²) in [6.45, 7) is 0. The van der Waals surface area contributed by atoms with Crippen molar-refractivity contribution in [1.29, 1.82) is 0 Å². The fraction of sp³-hybridized carbons (Fsp3) is 0.154. The summed E-state index contributed by atoms with van der Waals surface area (Å²) in [7, 11) is 0. The molecule has 0 aliphatic carbocycles. The minimum absolute atomic E-state index is 0.0105. The van der Waals surface area contributed by atoms with Gasteiger partial charge in [0.1, 0.15) is 5.82 Å². The van der Waals surface area contributed by atoms with E-state index in [1.807, 2.05) is 12.1 Å². The Morgan fingerprint density at radius 2 is 1.88 bits per heavy atom. The zero-order valence-electron chi connectivity index (χ0n) is 9.07. The van der Waals surface area contributed by atoms with Gasteiger partial charge in [0, 0.05) is 17.4 Å². The highest BCUT2D eigenvalue weighted by Gasteiger charge is 2.02. The first-order valence-corrected chi connectivity index (χ1v) is 5.29. The van der Waals surface area contributed by atoms with Crippen LogP contribution in [0.15, 0.2) is 36.4 Å². The summed E-state index contributed by atoms with van der Waals surface area (Å²) < 4.78 is 12.7. The van der Waals surface area contributed by atoms with Crippen LogP contribution in [0.5, 0.6) is 0 Å². The van der Waals surface area contributed by atoms with Crippen molar-refractivity contribution >= 4 is 5.97 Å². The lowest BCUT2D eigenvalue weighted by atomic mass is 10.1. The quantitative estimate of drug-likeness (QED) is 0.868. The number of rotatable bonds is 4. The Kier molecular flexibility index (Phi) is 3.23. The maximum atomic E-state index is 12.7. The normalized spacial score (nSPS) is 10.4. The highest BCUT2D eigenvalue weighted by atomic mass is 19.1. The molecule has 0 spiro atoms. The van der Waals surface area contributed by atoms with Gasteiger partial charge in [-0.05, 0) is 54.8 Å². The fourth-order valence-electron chi connectivity index (χ4n) is 1.62. The molecule has 0 bridgehead atoms. The number of aromatic nitrogens is 1. The van der Waals surface area contributed by atoms with Crippen molar-refractivity contribution in [2.45, 2.75) is 12.8 Å². The second-order valence-electron chi connectivity index (χ2n) is 3.78. The van der Waals surface area contributed by atoms with E-state index < -0.39 is 5.97 Å². The van der Waals surface area contributed by atoms with Crippen molar-refractivity contribution in [2.24, 2.45) is 0 Å². The van der Waals surface area contributed by atoms with Gasteiger partial charge in [-0.1, -0.05) is 0 Å². The van der Waals surface area contributed by atoms with E-state index >= 15 is 0 Å². The molecule has 0 saturated carbocycles. The van der Waals surface area contributed by atoms with Gasteiger partial charge in [0.2, 0.25) is 0 Å². The number of aryl methyl sites for hydroxylation is 1. The van der Waals surface area contributed by atoms with Crippen molar-refractivity contribution < 1.29 is 14.3 Å². The molecule has 1 aromatic carbocycles. The van der Waals surface area contributed by atoms with E-state index in [1.165, 1.54) is 12.1 Å². The van der Waals surface area contributed by atoms with Crippen LogP contribution in [0.2, 0.25) is 0 Å². The molecule has 0 aliphatic rings. The first-order chi connectivity index (χ1) is 8.15. The molecule has 88 valence electrons. The van der Waals surface area contributed by atoms with Gasteiger partial charge in [-0.2, -0.15) is 0 Å². The van der Waals surface area contributed by atoms with Gasteiger partial charge in [0.15, 0.2) is 0 Å². The predicted octanol–water partition coefficient (Wildman–Crippen LogP) is 1.50. The highest BCUT2D eigenvalue weighted by Crippen LogP contribution is 2.19. The molecule has 17 heavy (non-hydrogen) atoms. The number of carbonyl (C=O) groups excluding carboxylic acids is 1. The van der Waals surface area contributed by atoms with Gasteiger partial charge in [0.05, 0.1) is 0 Å². The molecule has 4 heteroatoms. The average molecular weight is 232 g/mol. The zero-order chi connectivity index (χ0) is 12.3. The second kappa shape index (κ2) is 4.82. The number of hydrogen-bond donors (Lipinski definition) is 1. The summed E-state index contributed by atoms with van der Waals surface area (Å²) in [5.74, 6) is -1.35. The van der Waals surface area contributed by atoms with Crippen LogP contribution >= 0.6 is 0 Å². The maximum absolute atomic E-state index is 12.7. The Bertz CT molecular complexity index is 516. The van der Waals surface area contributed by atoms with Gasteiger partial charge in [-0.3, -0.25) is 0 Å². The fourth-order valence-corrected chi connectivity index (χ4v) is 1.62. The van der Waals surface area contributed by atoms with E-state index in [4.69, 9.17) is 0 Å². The summed E-state index contributed by atoms with van der Waals surface area (Å²) in [5, 5.41) is 10.3. The van der Waals surface area contributed by atoms with E-state index in [2.05, 4.69) is 4.98 Å². The molecule has 0 saturated heterocycles. The zero-order valence-corrected chi connectivity index (χ0v) is 9.07. The lowest BCUT2D eigenvalue weighted by Crippen LogP contribution is -2.22. The Balaban J connectivity index is 2.12. The van der Waals surface area contributed by atoms with E-state index in [1.54, 1.807) is 12.1 Å². The summed E-state index contributed by atoms with van der Waals surface area (Å²) >= 11 is 0. The molecule has 1 aromatic heterocycles. The Morgan fingerprint density at radius 1 is 1.18 bits per heavy atom. The molecule has 0 radical (unpaired) electrons. The smallest absolute Gasteiger partial charge is 0.123 e. The molecule has 0 aliphatic heterocycles. The number of nitrogens with one attached hydrogen (secondary N) is 1. The number of halogens is 1. The number of carbonyl (C=O) groups is 1. The monoisotopic (exact) mass is 232 g/mol. The van der Waals surface area contributed by atoms with Crippen molar-refractivity contribution in [3.63, 3.8) is 0 Å². The molecular weight excluding hydrogens is 221 g/mol. The van der Waals surface area contributed by atoms with Crippen molar-refractivity contribution in [1.82, 2.24) is 4.98 Å². The number of H-pyrrole nitrogens is 1. The molecule has 1 N–H and O–H groups in total. The maximum Gasteiger partial charge on any atom is 0.123 e. The van der Waals surface area contributed by atoms with Gasteiger partial charge < -0.3 is 14.9 Å². The van der Waals surface area contributed by atoms with Gasteiger partial charge in [-0.25, -0.2) is 4.39 Å². The Morgan fingerprint density at radius 3 is 2.53 bits per heavy atom. The first-order valence-electron chi connectivity index (χ1n) is 5.29. The first kappa shape index (κ1) is 11.4.